The summed E-state index contributed by atoms with van der Waals surface area (Å²) in [7, 11) is 0. The van der Waals surface area contributed by atoms with Crippen molar-refractivity contribution in [2.75, 3.05) is 0 Å². The van der Waals surface area contributed by atoms with Gasteiger partial charge in [-0.3, -0.25) is 0 Å². The summed E-state index contributed by atoms with van der Waals surface area (Å²) in [6, 6.07) is 13.8. The van der Waals surface area contributed by atoms with E-state index in [1.165, 1.54) is 19.1 Å². The summed E-state index contributed by atoms with van der Waals surface area (Å²) in [5.41, 5.74) is 1.29. The van der Waals surface area contributed by atoms with Crippen LogP contribution in [-0.4, -0.2) is 17.2 Å². The topological polar surface area (TPSA) is 76.7 Å². The first-order valence-electron chi connectivity index (χ1n) is 7.18. The minimum Gasteiger partial charge on any atom is -0.479 e. The van der Waals surface area contributed by atoms with Crippen LogP contribution in [0.5, 0.6) is 5.75 Å². The van der Waals surface area contributed by atoms with Gasteiger partial charge in [-0.1, -0.05) is 41.9 Å². The van der Waals surface area contributed by atoms with E-state index in [0.717, 1.165) is 5.56 Å². The van der Waals surface area contributed by atoms with Gasteiger partial charge in [0.25, 0.3) is 0 Å². The SMILES string of the molecule is CC(Oc1cc2oc(=O)cc(-c3ccccc3)c2cc1Cl)C(=O)O. The van der Waals surface area contributed by atoms with Crippen molar-refractivity contribution in [1.82, 2.24) is 0 Å². The normalized spacial score (nSPS) is 12.1. The molecule has 1 N–H and O–H groups in total. The molecule has 0 aliphatic carbocycles. The van der Waals surface area contributed by atoms with Crippen LogP contribution >= 0.6 is 11.6 Å². The van der Waals surface area contributed by atoms with Crippen LogP contribution in [0.2, 0.25) is 5.02 Å². The highest BCUT2D eigenvalue weighted by molar-refractivity contribution is 6.33. The third-order valence-corrected chi connectivity index (χ3v) is 3.83. The average molecular weight is 345 g/mol. The van der Waals surface area contributed by atoms with Gasteiger partial charge >= 0.3 is 11.6 Å². The third-order valence-electron chi connectivity index (χ3n) is 3.53. The highest BCUT2D eigenvalue weighted by atomic mass is 35.5. The summed E-state index contributed by atoms with van der Waals surface area (Å²) in [6.45, 7) is 1.39. The molecule has 0 radical (unpaired) electrons. The first-order valence-corrected chi connectivity index (χ1v) is 7.56. The lowest BCUT2D eigenvalue weighted by Crippen LogP contribution is -2.23. The van der Waals surface area contributed by atoms with Crippen molar-refractivity contribution in [1.29, 1.82) is 0 Å². The molecule has 0 amide bonds. The van der Waals surface area contributed by atoms with Crippen LogP contribution in [0.25, 0.3) is 22.1 Å². The quantitative estimate of drug-likeness (QED) is 0.725. The number of rotatable bonds is 4. The van der Waals surface area contributed by atoms with Gasteiger partial charge in [-0.15, -0.1) is 0 Å². The Hall–Kier alpha value is -2.79. The van der Waals surface area contributed by atoms with Crippen LogP contribution in [0.4, 0.5) is 0 Å². The molecule has 0 saturated carbocycles. The zero-order chi connectivity index (χ0) is 17.3. The fraction of sp³-hybridized carbons (Fsp3) is 0.111. The van der Waals surface area contributed by atoms with Crippen molar-refractivity contribution < 1.29 is 19.1 Å². The van der Waals surface area contributed by atoms with Gasteiger partial charge in [0, 0.05) is 17.5 Å². The number of hydrogen-bond donors (Lipinski definition) is 1. The highest BCUT2D eigenvalue weighted by Crippen LogP contribution is 2.35. The molecular formula is C18H13ClO5. The summed E-state index contributed by atoms with van der Waals surface area (Å²) in [5.74, 6) is -0.974. The van der Waals surface area contributed by atoms with Crippen LogP contribution in [0, 0.1) is 0 Å². The van der Waals surface area contributed by atoms with E-state index in [9.17, 15) is 9.59 Å². The fourth-order valence-corrected chi connectivity index (χ4v) is 2.56. The Balaban J connectivity index is 2.18. The molecular weight excluding hydrogens is 332 g/mol. The Bertz CT molecular complexity index is 962. The van der Waals surface area contributed by atoms with Crippen LogP contribution in [0.1, 0.15) is 6.92 Å². The Kier molecular flexibility index (Phi) is 4.27. The number of carbonyl (C=O) groups is 1. The van der Waals surface area contributed by atoms with Gasteiger partial charge in [-0.2, -0.15) is 0 Å². The fourth-order valence-electron chi connectivity index (χ4n) is 2.35. The summed E-state index contributed by atoms with van der Waals surface area (Å²) < 4.78 is 10.5. The Labute approximate surface area is 142 Å². The number of carboxylic acid groups (broad SMARTS) is 1. The first-order chi connectivity index (χ1) is 11.5. The van der Waals surface area contributed by atoms with Crippen LogP contribution in [0.3, 0.4) is 0 Å². The molecule has 3 aromatic rings. The maximum atomic E-state index is 11.9. The molecule has 0 saturated heterocycles. The maximum absolute atomic E-state index is 11.9. The largest absolute Gasteiger partial charge is 0.479 e. The van der Waals surface area contributed by atoms with Gasteiger partial charge in [0.1, 0.15) is 11.3 Å². The molecule has 6 heteroatoms. The van der Waals surface area contributed by atoms with Gasteiger partial charge in [-0.05, 0) is 24.1 Å². The molecule has 0 aliphatic rings. The van der Waals surface area contributed by atoms with E-state index in [1.807, 2.05) is 30.3 Å². The van der Waals surface area contributed by atoms with E-state index in [0.29, 0.717) is 10.9 Å². The van der Waals surface area contributed by atoms with Crippen LogP contribution in [0.15, 0.2) is 57.7 Å². The Morgan fingerprint density at radius 3 is 2.58 bits per heavy atom. The lowest BCUT2D eigenvalue weighted by Gasteiger charge is -2.13. The van der Waals surface area contributed by atoms with Crippen molar-refractivity contribution in [3.63, 3.8) is 0 Å². The molecule has 2 aromatic carbocycles. The van der Waals surface area contributed by atoms with Gasteiger partial charge in [0.15, 0.2) is 6.10 Å². The molecule has 0 bridgehead atoms. The lowest BCUT2D eigenvalue weighted by molar-refractivity contribution is -0.144. The van der Waals surface area contributed by atoms with Gasteiger partial charge in [0.2, 0.25) is 0 Å². The maximum Gasteiger partial charge on any atom is 0.344 e. The van der Waals surface area contributed by atoms with Crippen molar-refractivity contribution in [2.24, 2.45) is 0 Å². The highest BCUT2D eigenvalue weighted by Gasteiger charge is 2.17. The van der Waals surface area contributed by atoms with Gasteiger partial charge in [0.05, 0.1) is 5.02 Å². The molecule has 24 heavy (non-hydrogen) atoms. The van der Waals surface area contributed by atoms with Crippen molar-refractivity contribution in [3.05, 3.63) is 64.0 Å². The Morgan fingerprint density at radius 1 is 1.21 bits per heavy atom. The predicted molar refractivity (Wildman–Crippen MR) is 90.7 cm³/mol. The number of hydrogen-bond acceptors (Lipinski definition) is 4. The monoisotopic (exact) mass is 344 g/mol. The molecule has 3 rings (SSSR count). The van der Waals surface area contributed by atoms with Crippen molar-refractivity contribution in [2.45, 2.75) is 13.0 Å². The molecule has 1 aromatic heterocycles. The minimum absolute atomic E-state index is 0.146. The van der Waals surface area contributed by atoms with Gasteiger partial charge < -0.3 is 14.3 Å². The second kappa shape index (κ2) is 6.37. The summed E-state index contributed by atoms with van der Waals surface area (Å²) in [6.07, 6.45) is -1.08. The molecule has 0 spiro atoms. The smallest absolute Gasteiger partial charge is 0.344 e. The lowest BCUT2D eigenvalue weighted by atomic mass is 10.0. The average Bonchev–Trinajstić information content (AvgIpc) is 2.56. The standard InChI is InChI=1S/C18H13ClO5/c1-10(18(21)22)23-16-9-15-13(7-14(16)19)12(8-17(20)24-15)11-5-3-2-4-6-11/h2-10H,1H3,(H,21,22). The molecule has 122 valence electrons. The van der Waals surface area contributed by atoms with Crippen molar-refractivity contribution >= 4 is 28.5 Å². The van der Waals surface area contributed by atoms with Gasteiger partial charge in [-0.25, -0.2) is 9.59 Å². The number of fused-ring (bicyclic) bond motifs is 1. The molecule has 1 unspecified atom stereocenters. The number of carboxylic acids is 1. The van der Waals surface area contributed by atoms with E-state index in [-0.39, 0.29) is 16.4 Å². The second-order valence-electron chi connectivity index (χ2n) is 5.22. The second-order valence-corrected chi connectivity index (χ2v) is 5.63. The number of ether oxygens (including phenoxy) is 1. The minimum atomic E-state index is -1.12. The van der Waals surface area contributed by atoms with Crippen LogP contribution < -0.4 is 10.4 Å². The summed E-state index contributed by atoms with van der Waals surface area (Å²) in [4.78, 5) is 22.8. The molecule has 1 atom stereocenters. The van der Waals surface area contributed by atoms with E-state index in [1.54, 1.807) is 6.07 Å². The molecule has 1 heterocycles. The van der Waals surface area contributed by atoms with Crippen molar-refractivity contribution in [3.8, 4) is 16.9 Å². The number of benzene rings is 2. The molecule has 0 aliphatic heterocycles. The summed E-state index contributed by atoms with van der Waals surface area (Å²) >= 11 is 6.21. The predicted octanol–water partition coefficient (Wildman–Crippen LogP) is 3.97. The number of halogens is 1. The van der Waals surface area contributed by atoms with E-state index >= 15 is 0 Å². The van der Waals surface area contributed by atoms with E-state index in [4.69, 9.17) is 25.9 Å². The van der Waals surface area contributed by atoms with E-state index < -0.39 is 17.7 Å². The van der Waals surface area contributed by atoms with Crippen LogP contribution in [-0.2, 0) is 4.79 Å². The molecule has 0 fully saturated rings. The molecule has 5 nitrogen and oxygen atoms in total. The number of aliphatic carboxylic acids is 1. The Morgan fingerprint density at radius 2 is 1.92 bits per heavy atom. The third kappa shape index (κ3) is 3.12. The summed E-state index contributed by atoms with van der Waals surface area (Å²) in [5, 5.41) is 9.82. The first kappa shape index (κ1) is 16.1. The zero-order valence-corrected chi connectivity index (χ0v) is 13.4. The zero-order valence-electron chi connectivity index (χ0n) is 12.7. The van der Waals surface area contributed by atoms with E-state index in [2.05, 4.69) is 0 Å².